The Balaban J connectivity index is 2.45. The lowest BCUT2D eigenvalue weighted by molar-refractivity contribution is 0.494. The monoisotopic (exact) mass is 308 g/mol. The van der Waals surface area contributed by atoms with Gasteiger partial charge in [0.2, 0.25) is 0 Å². The molecule has 0 saturated carbocycles. The second-order valence-electron chi connectivity index (χ2n) is 5.13. The van der Waals surface area contributed by atoms with E-state index in [9.17, 15) is 8.42 Å². The van der Waals surface area contributed by atoms with Crippen molar-refractivity contribution < 1.29 is 12.8 Å². The third-order valence-corrected chi connectivity index (χ3v) is 5.13. The Morgan fingerprint density at radius 1 is 1.10 bits per heavy atom. The fourth-order valence-electron chi connectivity index (χ4n) is 2.31. The normalized spacial score (nSPS) is 11.7. The van der Waals surface area contributed by atoms with Crippen LogP contribution in [0.25, 0.3) is 0 Å². The first kappa shape index (κ1) is 15.6. The van der Waals surface area contributed by atoms with Crippen molar-refractivity contribution in [1.29, 1.82) is 0 Å². The van der Waals surface area contributed by atoms with Crippen LogP contribution in [0.1, 0.15) is 28.2 Å². The van der Waals surface area contributed by atoms with Gasteiger partial charge in [-0.2, -0.15) is 0 Å². The molecule has 114 valence electrons. The summed E-state index contributed by atoms with van der Waals surface area (Å²) < 4.78 is 33.2. The van der Waals surface area contributed by atoms with Gasteiger partial charge in [-0.1, -0.05) is 6.07 Å². The minimum atomic E-state index is -3.72. The summed E-state index contributed by atoms with van der Waals surface area (Å²) in [7, 11) is -3.72. The van der Waals surface area contributed by atoms with Crippen molar-refractivity contribution in [2.75, 3.05) is 4.72 Å². The smallest absolute Gasteiger partial charge is 0.265 e. The first-order chi connectivity index (χ1) is 9.76. The van der Waals surface area contributed by atoms with Crippen LogP contribution in [0.15, 0.2) is 27.5 Å². The third-order valence-electron chi connectivity index (χ3n) is 3.56. The van der Waals surface area contributed by atoms with E-state index in [1.807, 2.05) is 19.9 Å². The van der Waals surface area contributed by atoms with E-state index in [4.69, 9.17) is 10.2 Å². The van der Waals surface area contributed by atoms with Crippen molar-refractivity contribution in [3.8, 4) is 0 Å². The van der Waals surface area contributed by atoms with Crippen LogP contribution in [0.4, 0.5) is 5.69 Å². The lowest BCUT2D eigenvalue weighted by Gasteiger charge is -2.10. The van der Waals surface area contributed by atoms with Gasteiger partial charge in [0, 0.05) is 17.8 Å². The molecule has 0 unspecified atom stereocenters. The SMILES string of the molecule is Cc1ccc(NS(=O)(=O)c2c(C)oc(C)c2CN)cc1C. The lowest BCUT2D eigenvalue weighted by Crippen LogP contribution is -2.16. The molecule has 0 fully saturated rings. The molecule has 0 spiro atoms. The Kier molecular flexibility index (Phi) is 4.11. The molecule has 0 aliphatic carbocycles. The minimum absolute atomic E-state index is 0.117. The van der Waals surface area contributed by atoms with Crippen molar-refractivity contribution in [2.24, 2.45) is 5.73 Å². The maximum absolute atomic E-state index is 12.6. The first-order valence-electron chi connectivity index (χ1n) is 6.65. The van der Waals surface area contributed by atoms with E-state index in [1.165, 1.54) is 0 Å². The zero-order chi connectivity index (χ0) is 15.8. The van der Waals surface area contributed by atoms with Gasteiger partial charge in [-0.25, -0.2) is 8.42 Å². The highest BCUT2D eigenvalue weighted by Gasteiger charge is 2.26. The van der Waals surface area contributed by atoms with Gasteiger partial charge in [-0.3, -0.25) is 4.72 Å². The predicted molar refractivity (Wildman–Crippen MR) is 82.8 cm³/mol. The maximum atomic E-state index is 12.6. The van der Waals surface area contributed by atoms with Crippen molar-refractivity contribution in [2.45, 2.75) is 39.1 Å². The van der Waals surface area contributed by atoms with E-state index >= 15 is 0 Å². The summed E-state index contributed by atoms with van der Waals surface area (Å²) in [5.74, 6) is 0.889. The van der Waals surface area contributed by atoms with E-state index in [0.29, 0.717) is 22.8 Å². The summed E-state index contributed by atoms with van der Waals surface area (Å²) in [6.07, 6.45) is 0. The van der Waals surface area contributed by atoms with Crippen molar-refractivity contribution in [1.82, 2.24) is 0 Å². The zero-order valence-corrected chi connectivity index (χ0v) is 13.5. The van der Waals surface area contributed by atoms with Crippen molar-refractivity contribution in [3.63, 3.8) is 0 Å². The van der Waals surface area contributed by atoms with Gasteiger partial charge < -0.3 is 10.2 Å². The number of rotatable bonds is 4. The second kappa shape index (κ2) is 5.54. The zero-order valence-electron chi connectivity index (χ0n) is 12.6. The molecular formula is C15H20N2O3S. The number of anilines is 1. The molecule has 0 bridgehead atoms. The lowest BCUT2D eigenvalue weighted by atomic mass is 10.1. The van der Waals surface area contributed by atoms with Gasteiger partial charge in [0.15, 0.2) is 0 Å². The summed E-state index contributed by atoms with van der Waals surface area (Å²) in [5, 5.41) is 0. The molecule has 0 saturated heterocycles. The third kappa shape index (κ3) is 2.96. The van der Waals surface area contributed by atoms with Gasteiger partial charge in [-0.15, -0.1) is 0 Å². The number of benzene rings is 1. The Morgan fingerprint density at radius 3 is 2.33 bits per heavy atom. The van der Waals surface area contributed by atoms with Gasteiger partial charge in [0.05, 0.1) is 0 Å². The molecule has 0 radical (unpaired) electrons. The number of aryl methyl sites for hydroxylation is 4. The second-order valence-corrected chi connectivity index (χ2v) is 6.75. The summed E-state index contributed by atoms with van der Waals surface area (Å²) in [6, 6.07) is 5.42. The molecule has 5 nitrogen and oxygen atoms in total. The molecule has 0 atom stereocenters. The topological polar surface area (TPSA) is 85.3 Å². The average molecular weight is 308 g/mol. The molecule has 1 heterocycles. The Morgan fingerprint density at radius 2 is 1.76 bits per heavy atom. The molecule has 2 rings (SSSR count). The molecule has 1 aromatic carbocycles. The fraction of sp³-hybridized carbons (Fsp3) is 0.333. The molecule has 21 heavy (non-hydrogen) atoms. The Labute approximate surface area is 125 Å². The van der Waals surface area contributed by atoms with Crippen LogP contribution < -0.4 is 10.5 Å². The largest absolute Gasteiger partial charge is 0.465 e. The van der Waals surface area contributed by atoms with E-state index in [1.54, 1.807) is 26.0 Å². The first-order valence-corrected chi connectivity index (χ1v) is 8.13. The van der Waals surface area contributed by atoms with Crippen LogP contribution in [0.5, 0.6) is 0 Å². The number of hydrogen-bond acceptors (Lipinski definition) is 4. The van der Waals surface area contributed by atoms with Crippen LogP contribution in [0.3, 0.4) is 0 Å². The van der Waals surface area contributed by atoms with Crippen molar-refractivity contribution in [3.05, 3.63) is 46.4 Å². The van der Waals surface area contributed by atoms with Crippen LogP contribution in [-0.2, 0) is 16.6 Å². The highest BCUT2D eigenvalue weighted by molar-refractivity contribution is 7.92. The minimum Gasteiger partial charge on any atom is -0.465 e. The number of furan rings is 1. The van der Waals surface area contributed by atoms with E-state index < -0.39 is 10.0 Å². The predicted octanol–water partition coefficient (Wildman–Crippen LogP) is 2.77. The molecule has 3 N–H and O–H groups in total. The number of hydrogen-bond donors (Lipinski definition) is 2. The van der Waals surface area contributed by atoms with Crippen LogP contribution in [-0.4, -0.2) is 8.42 Å². The molecule has 0 aliphatic heterocycles. The van der Waals surface area contributed by atoms with E-state index in [-0.39, 0.29) is 11.4 Å². The summed E-state index contributed by atoms with van der Waals surface area (Å²) in [4.78, 5) is 0.140. The van der Waals surface area contributed by atoms with Gasteiger partial charge in [-0.05, 0) is 51.0 Å². The Bertz CT molecular complexity index is 776. The van der Waals surface area contributed by atoms with Crippen molar-refractivity contribution >= 4 is 15.7 Å². The van der Waals surface area contributed by atoms with Crippen LogP contribution in [0, 0.1) is 27.7 Å². The molecule has 0 aliphatic rings. The summed E-state index contributed by atoms with van der Waals surface area (Å²) in [5.41, 5.74) is 8.82. The van der Waals surface area contributed by atoms with Crippen LogP contribution >= 0.6 is 0 Å². The van der Waals surface area contributed by atoms with Crippen LogP contribution in [0.2, 0.25) is 0 Å². The molecule has 1 aromatic heterocycles. The number of nitrogens with two attached hydrogens (primary N) is 1. The van der Waals surface area contributed by atoms with E-state index in [2.05, 4.69) is 4.72 Å². The fourth-order valence-corrected chi connectivity index (χ4v) is 3.82. The Hall–Kier alpha value is -1.79. The maximum Gasteiger partial charge on any atom is 0.265 e. The van der Waals surface area contributed by atoms with E-state index in [0.717, 1.165) is 11.1 Å². The summed E-state index contributed by atoms with van der Waals surface area (Å²) in [6.45, 7) is 7.37. The standard InChI is InChI=1S/C15H20N2O3S/c1-9-5-6-13(7-10(9)2)17-21(18,19)15-12(4)20-11(3)14(15)8-16/h5-7,17H,8,16H2,1-4H3. The van der Waals surface area contributed by atoms with Gasteiger partial charge in [0.1, 0.15) is 16.4 Å². The number of sulfonamides is 1. The molecular weight excluding hydrogens is 288 g/mol. The highest BCUT2D eigenvalue weighted by atomic mass is 32.2. The van der Waals surface area contributed by atoms with Gasteiger partial charge >= 0.3 is 0 Å². The highest BCUT2D eigenvalue weighted by Crippen LogP contribution is 2.28. The van der Waals surface area contributed by atoms with Gasteiger partial charge in [0.25, 0.3) is 10.0 Å². The molecule has 0 amide bonds. The summed E-state index contributed by atoms with van der Waals surface area (Å²) >= 11 is 0. The average Bonchev–Trinajstić information content (AvgIpc) is 2.68. The molecule has 6 heteroatoms. The quantitative estimate of drug-likeness (QED) is 0.909. The number of nitrogens with one attached hydrogen (secondary N) is 1. The molecule has 2 aromatic rings.